The summed E-state index contributed by atoms with van der Waals surface area (Å²) in [4.78, 5) is 11.2. The molecule has 1 amide bonds. The fraction of sp³-hybridized carbons (Fsp3) is 0.450. The van der Waals surface area contributed by atoms with E-state index in [1.165, 1.54) is 14.0 Å². The fourth-order valence-electron chi connectivity index (χ4n) is 3.42. The lowest BCUT2D eigenvalue weighted by molar-refractivity contribution is -0.305. The largest absolute Gasteiger partial charge is 0.462 e. The first-order chi connectivity index (χ1) is 12.7. The zero-order chi connectivity index (χ0) is 19.8. The van der Waals surface area contributed by atoms with Gasteiger partial charge in [0.25, 0.3) is 0 Å². The van der Waals surface area contributed by atoms with Crippen molar-refractivity contribution in [2.75, 3.05) is 12.4 Å². The second-order valence-corrected chi connectivity index (χ2v) is 7.25. The minimum Gasteiger partial charge on any atom is -0.462 e. The Morgan fingerprint density at radius 1 is 1.11 bits per heavy atom. The molecule has 3 rings (SSSR count). The van der Waals surface area contributed by atoms with Gasteiger partial charge in [-0.2, -0.15) is 0 Å². The number of methoxy groups -OCH3 is 1. The number of anilines is 1. The van der Waals surface area contributed by atoms with E-state index in [1.54, 1.807) is 26.0 Å². The number of ether oxygens (including phenoxy) is 3. The molecule has 7 heteroatoms. The molecule has 4 atom stereocenters. The Morgan fingerprint density at radius 3 is 2.44 bits per heavy atom. The SMILES string of the molecule is CO[C@@H]1[C@@H](O)[C@@H](O)[C@H](Oc2ccc3cc(NC(C)=O)ccc3c2)OC1(C)C. The van der Waals surface area contributed by atoms with Gasteiger partial charge >= 0.3 is 0 Å². The number of hydrogen-bond donors (Lipinski definition) is 3. The second-order valence-electron chi connectivity index (χ2n) is 7.25. The summed E-state index contributed by atoms with van der Waals surface area (Å²) in [6.45, 7) is 5.01. The lowest BCUT2D eigenvalue weighted by atomic mass is 9.89. The van der Waals surface area contributed by atoms with Gasteiger partial charge in [-0.15, -0.1) is 0 Å². The summed E-state index contributed by atoms with van der Waals surface area (Å²) in [7, 11) is 1.46. The molecular formula is C20H25NO6. The predicted octanol–water partition coefficient (Wildman–Crippen LogP) is 2.05. The summed E-state index contributed by atoms with van der Waals surface area (Å²) in [5, 5.41) is 25.2. The predicted molar refractivity (Wildman–Crippen MR) is 101 cm³/mol. The average Bonchev–Trinajstić information content (AvgIpc) is 2.59. The Hall–Kier alpha value is -2.19. The highest BCUT2D eigenvalue weighted by Gasteiger charge is 2.50. The Kier molecular flexibility index (Phi) is 5.39. The minimum atomic E-state index is -1.25. The molecule has 0 spiro atoms. The summed E-state index contributed by atoms with van der Waals surface area (Å²) in [6.07, 6.45) is -4.08. The van der Waals surface area contributed by atoms with Gasteiger partial charge < -0.3 is 29.7 Å². The van der Waals surface area contributed by atoms with Gasteiger partial charge in [-0.05, 0) is 48.9 Å². The number of aliphatic hydroxyl groups is 2. The molecule has 27 heavy (non-hydrogen) atoms. The highest BCUT2D eigenvalue weighted by atomic mass is 16.7. The zero-order valence-electron chi connectivity index (χ0n) is 15.8. The molecule has 1 fully saturated rings. The molecule has 146 valence electrons. The van der Waals surface area contributed by atoms with Crippen molar-refractivity contribution < 1.29 is 29.2 Å². The quantitative estimate of drug-likeness (QED) is 0.757. The number of rotatable bonds is 4. The smallest absolute Gasteiger partial charge is 0.229 e. The second kappa shape index (κ2) is 7.44. The number of hydrogen-bond acceptors (Lipinski definition) is 6. The number of carbonyl (C=O) groups is 1. The van der Waals surface area contributed by atoms with Crippen molar-refractivity contribution in [1.29, 1.82) is 0 Å². The molecule has 1 aliphatic heterocycles. The Morgan fingerprint density at radius 2 is 1.78 bits per heavy atom. The van der Waals surface area contributed by atoms with Crippen LogP contribution in [0.4, 0.5) is 5.69 Å². The maximum absolute atomic E-state index is 11.2. The number of benzene rings is 2. The molecule has 0 aliphatic carbocycles. The van der Waals surface area contributed by atoms with Crippen molar-refractivity contribution in [2.45, 2.75) is 51.0 Å². The first kappa shape index (κ1) is 19.6. The third-order valence-corrected chi connectivity index (χ3v) is 4.68. The summed E-state index contributed by atoms with van der Waals surface area (Å²) >= 11 is 0. The van der Waals surface area contributed by atoms with E-state index < -0.39 is 30.2 Å². The van der Waals surface area contributed by atoms with Crippen LogP contribution in [0.3, 0.4) is 0 Å². The maximum atomic E-state index is 11.2. The molecule has 1 heterocycles. The highest BCUT2D eigenvalue weighted by Crippen LogP contribution is 2.33. The van der Waals surface area contributed by atoms with Crippen LogP contribution in [0.5, 0.6) is 5.75 Å². The van der Waals surface area contributed by atoms with Gasteiger partial charge in [-0.3, -0.25) is 4.79 Å². The molecule has 0 radical (unpaired) electrons. The molecule has 0 bridgehead atoms. The summed E-state index contributed by atoms with van der Waals surface area (Å²) in [6, 6.07) is 10.9. The number of carbonyl (C=O) groups excluding carboxylic acids is 1. The van der Waals surface area contributed by atoms with Crippen molar-refractivity contribution in [2.24, 2.45) is 0 Å². The molecule has 2 aromatic carbocycles. The summed E-state index contributed by atoms with van der Waals surface area (Å²) in [5.74, 6) is 0.367. The van der Waals surface area contributed by atoms with Crippen LogP contribution in [-0.4, -0.2) is 53.4 Å². The number of amides is 1. The van der Waals surface area contributed by atoms with E-state index in [0.717, 1.165) is 10.8 Å². The maximum Gasteiger partial charge on any atom is 0.229 e. The lowest BCUT2D eigenvalue weighted by Crippen LogP contribution is -2.63. The van der Waals surface area contributed by atoms with Crippen LogP contribution in [0.25, 0.3) is 10.8 Å². The molecule has 0 saturated carbocycles. The van der Waals surface area contributed by atoms with Crippen LogP contribution in [0.1, 0.15) is 20.8 Å². The topological polar surface area (TPSA) is 97.3 Å². The van der Waals surface area contributed by atoms with E-state index in [2.05, 4.69) is 5.32 Å². The molecular weight excluding hydrogens is 350 g/mol. The van der Waals surface area contributed by atoms with Crippen molar-refractivity contribution in [3.63, 3.8) is 0 Å². The molecule has 3 N–H and O–H groups in total. The Balaban J connectivity index is 1.80. The molecule has 2 aromatic rings. The van der Waals surface area contributed by atoms with Gasteiger partial charge in [0.05, 0.1) is 5.60 Å². The standard InChI is InChI=1S/C20H25NO6/c1-11(22)21-14-7-5-13-10-15(8-6-12(13)9-14)26-19-17(24)16(23)18(25-4)20(2,3)27-19/h5-10,16-19,23-24H,1-4H3,(H,21,22)/t16-,17+,18+,19+/m0/s1. The monoisotopic (exact) mass is 375 g/mol. The van der Waals surface area contributed by atoms with Gasteiger partial charge in [-0.25, -0.2) is 0 Å². The van der Waals surface area contributed by atoms with Crippen LogP contribution in [0, 0.1) is 0 Å². The third kappa shape index (κ3) is 4.06. The molecule has 1 aliphatic rings. The number of aliphatic hydroxyl groups excluding tert-OH is 2. The zero-order valence-corrected chi connectivity index (χ0v) is 15.8. The van der Waals surface area contributed by atoms with Crippen LogP contribution in [0.2, 0.25) is 0 Å². The molecule has 1 saturated heterocycles. The Labute approximate surface area is 157 Å². The normalized spacial score (nSPS) is 27.3. The number of nitrogens with one attached hydrogen (secondary N) is 1. The van der Waals surface area contributed by atoms with Crippen LogP contribution in [0.15, 0.2) is 36.4 Å². The molecule has 0 unspecified atom stereocenters. The van der Waals surface area contributed by atoms with E-state index in [-0.39, 0.29) is 5.91 Å². The minimum absolute atomic E-state index is 0.131. The van der Waals surface area contributed by atoms with E-state index >= 15 is 0 Å². The lowest BCUT2D eigenvalue weighted by Gasteiger charge is -2.46. The van der Waals surface area contributed by atoms with Crippen LogP contribution < -0.4 is 10.1 Å². The van der Waals surface area contributed by atoms with Gasteiger partial charge in [0, 0.05) is 19.7 Å². The molecule has 7 nitrogen and oxygen atoms in total. The van der Waals surface area contributed by atoms with E-state index in [1.807, 2.05) is 24.3 Å². The third-order valence-electron chi connectivity index (χ3n) is 4.68. The average molecular weight is 375 g/mol. The summed E-state index contributed by atoms with van der Waals surface area (Å²) in [5.41, 5.74) is -0.118. The van der Waals surface area contributed by atoms with Gasteiger partial charge in [0.2, 0.25) is 12.2 Å². The van der Waals surface area contributed by atoms with E-state index in [0.29, 0.717) is 11.4 Å². The van der Waals surface area contributed by atoms with Crippen molar-refractivity contribution in [3.8, 4) is 5.75 Å². The number of fused-ring (bicyclic) bond motifs is 1. The Bertz CT molecular complexity index is 836. The van der Waals surface area contributed by atoms with Crippen LogP contribution in [-0.2, 0) is 14.3 Å². The molecule has 0 aromatic heterocycles. The van der Waals surface area contributed by atoms with E-state index in [4.69, 9.17) is 14.2 Å². The fourth-order valence-corrected chi connectivity index (χ4v) is 3.42. The van der Waals surface area contributed by atoms with E-state index in [9.17, 15) is 15.0 Å². The van der Waals surface area contributed by atoms with Crippen molar-refractivity contribution in [1.82, 2.24) is 0 Å². The summed E-state index contributed by atoms with van der Waals surface area (Å²) < 4.78 is 16.9. The van der Waals surface area contributed by atoms with Crippen molar-refractivity contribution >= 4 is 22.4 Å². The van der Waals surface area contributed by atoms with Gasteiger partial charge in [0.15, 0.2) is 0 Å². The van der Waals surface area contributed by atoms with Crippen molar-refractivity contribution in [3.05, 3.63) is 36.4 Å². The first-order valence-corrected chi connectivity index (χ1v) is 8.76. The first-order valence-electron chi connectivity index (χ1n) is 8.76. The highest BCUT2D eigenvalue weighted by molar-refractivity contribution is 5.93. The van der Waals surface area contributed by atoms with Crippen LogP contribution >= 0.6 is 0 Å². The van der Waals surface area contributed by atoms with Gasteiger partial charge in [-0.1, -0.05) is 12.1 Å². The van der Waals surface area contributed by atoms with Gasteiger partial charge in [0.1, 0.15) is 24.1 Å².